The lowest BCUT2D eigenvalue weighted by Crippen LogP contribution is -2.31. The SMILES string of the molecule is CCN(CC1CCCC1)c1cc2c(cc1CN(Cc1cc(C)cc(CF)c1)c1cc(C)on1)CCC2. The third-order valence-electron chi connectivity index (χ3n) is 7.99. The van der Waals surface area contributed by atoms with Gasteiger partial charge < -0.3 is 14.3 Å². The molecular weight excluding hydrogens is 449 g/mol. The van der Waals surface area contributed by atoms with Crippen LogP contribution in [0.25, 0.3) is 0 Å². The average molecular weight is 490 g/mol. The van der Waals surface area contributed by atoms with Crippen LogP contribution in [0.15, 0.2) is 40.9 Å². The van der Waals surface area contributed by atoms with E-state index in [4.69, 9.17) is 4.52 Å². The molecule has 1 saturated carbocycles. The fourth-order valence-corrected chi connectivity index (χ4v) is 6.25. The Bertz CT molecular complexity index is 1180. The van der Waals surface area contributed by atoms with E-state index in [1.807, 2.05) is 32.0 Å². The molecule has 0 aliphatic heterocycles. The average Bonchev–Trinajstić information content (AvgIpc) is 3.63. The van der Waals surface area contributed by atoms with Gasteiger partial charge >= 0.3 is 0 Å². The van der Waals surface area contributed by atoms with Gasteiger partial charge in [0.2, 0.25) is 0 Å². The van der Waals surface area contributed by atoms with Crippen molar-refractivity contribution in [3.8, 4) is 0 Å². The van der Waals surface area contributed by atoms with Crippen LogP contribution in [-0.2, 0) is 32.6 Å². The van der Waals surface area contributed by atoms with Gasteiger partial charge in [-0.2, -0.15) is 0 Å². The quantitative estimate of drug-likeness (QED) is 0.296. The van der Waals surface area contributed by atoms with Crippen molar-refractivity contribution in [1.29, 1.82) is 0 Å². The molecule has 1 heterocycles. The number of aromatic nitrogens is 1. The number of alkyl halides is 1. The van der Waals surface area contributed by atoms with E-state index in [0.29, 0.717) is 6.54 Å². The van der Waals surface area contributed by atoms with Gasteiger partial charge in [-0.25, -0.2) is 4.39 Å². The zero-order chi connectivity index (χ0) is 25.1. The van der Waals surface area contributed by atoms with Crippen molar-refractivity contribution < 1.29 is 8.91 Å². The van der Waals surface area contributed by atoms with Gasteiger partial charge in [-0.3, -0.25) is 0 Å². The summed E-state index contributed by atoms with van der Waals surface area (Å²) in [6, 6.07) is 13.0. The molecule has 1 aromatic heterocycles. The van der Waals surface area contributed by atoms with Crippen LogP contribution < -0.4 is 9.80 Å². The van der Waals surface area contributed by atoms with E-state index in [0.717, 1.165) is 60.2 Å². The highest BCUT2D eigenvalue weighted by Gasteiger charge is 2.24. The standard InChI is InChI=1S/C31H40FN3O/c1-4-34(19-24-8-5-6-9-24)30-17-28-11-7-10-27(28)16-29(30)21-35(31-14-23(3)36-33-31)20-26-13-22(2)12-25(15-26)18-32/h12-17,24H,4-11,18-21H2,1-3H3. The molecule has 1 fully saturated rings. The van der Waals surface area contributed by atoms with E-state index in [9.17, 15) is 4.39 Å². The number of hydrogen-bond donors (Lipinski definition) is 0. The topological polar surface area (TPSA) is 32.5 Å². The number of halogens is 1. The Hall–Kier alpha value is -2.82. The van der Waals surface area contributed by atoms with Gasteiger partial charge in [0.25, 0.3) is 0 Å². The van der Waals surface area contributed by atoms with E-state index >= 15 is 0 Å². The van der Waals surface area contributed by atoms with E-state index in [-0.39, 0.29) is 0 Å². The first-order valence-corrected chi connectivity index (χ1v) is 13.8. The molecule has 5 rings (SSSR count). The van der Waals surface area contributed by atoms with Crippen LogP contribution in [0, 0.1) is 19.8 Å². The number of fused-ring (bicyclic) bond motifs is 1. The van der Waals surface area contributed by atoms with Crippen LogP contribution in [0.4, 0.5) is 15.9 Å². The second-order valence-corrected chi connectivity index (χ2v) is 10.9. The van der Waals surface area contributed by atoms with E-state index in [2.05, 4.69) is 40.1 Å². The highest BCUT2D eigenvalue weighted by atomic mass is 19.1. The Balaban J connectivity index is 1.50. The molecule has 0 bridgehead atoms. The monoisotopic (exact) mass is 489 g/mol. The molecule has 0 spiro atoms. The van der Waals surface area contributed by atoms with Crippen molar-refractivity contribution in [2.24, 2.45) is 5.92 Å². The zero-order valence-corrected chi connectivity index (χ0v) is 22.2. The highest BCUT2D eigenvalue weighted by Crippen LogP contribution is 2.35. The van der Waals surface area contributed by atoms with Crippen LogP contribution in [-0.4, -0.2) is 18.2 Å². The van der Waals surface area contributed by atoms with E-state index < -0.39 is 6.67 Å². The van der Waals surface area contributed by atoms with Gasteiger partial charge in [-0.05, 0) is 92.7 Å². The molecule has 36 heavy (non-hydrogen) atoms. The Morgan fingerprint density at radius 2 is 1.64 bits per heavy atom. The van der Waals surface area contributed by atoms with Crippen molar-refractivity contribution in [1.82, 2.24) is 5.16 Å². The number of hydrogen-bond acceptors (Lipinski definition) is 4. The fourth-order valence-electron chi connectivity index (χ4n) is 6.25. The van der Waals surface area contributed by atoms with Crippen molar-refractivity contribution in [2.75, 3.05) is 22.9 Å². The Morgan fingerprint density at radius 1 is 0.889 bits per heavy atom. The van der Waals surface area contributed by atoms with Gasteiger partial charge in [0, 0.05) is 37.9 Å². The van der Waals surface area contributed by atoms with Gasteiger partial charge in [-0.15, -0.1) is 0 Å². The normalized spacial score (nSPS) is 15.4. The van der Waals surface area contributed by atoms with Crippen LogP contribution in [0.1, 0.15) is 78.2 Å². The Labute approximate surface area is 215 Å². The maximum Gasteiger partial charge on any atom is 0.172 e. The molecule has 0 atom stereocenters. The molecule has 2 aromatic carbocycles. The van der Waals surface area contributed by atoms with Crippen LogP contribution in [0.3, 0.4) is 0 Å². The van der Waals surface area contributed by atoms with Crippen LogP contribution in [0.5, 0.6) is 0 Å². The van der Waals surface area contributed by atoms with Crippen molar-refractivity contribution >= 4 is 11.5 Å². The minimum atomic E-state index is -0.445. The number of benzene rings is 2. The second kappa shape index (κ2) is 11.1. The summed E-state index contributed by atoms with van der Waals surface area (Å²) in [6.45, 7) is 9.37. The first-order valence-electron chi connectivity index (χ1n) is 13.8. The summed E-state index contributed by atoms with van der Waals surface area (Å²) in [7, 11) is 0. The summed E-state index contributed by atoms with van der Waals surface area (Å²) >= 11 is 0. The minimum absolute atomic E-state index is 0.445. The molecule has 3 aromatic rings. The lowest BCUT2D eigenvalue weighted by atomic mass is 10.0. The minimum Gasteiger partial charge on any atom is -0.371 e. The van der Waals surface area contributed by atoms with Crippen LogP contribution in [0.2, 0.25) is 0 Å². The molecule has 0 radical (unpaired) electrons. The largest absolute Gasteiger partial charge is 0.371 e. The molecule has 0 amide bonds. The number of anilines is 2. The maximum absolute atomic E-state index is 13.5. The smallest absolute Gasteiger partial charge is 0.172 e. The third-order valence-corrected chi connectivity index (χ3v) is 7.99. The van der Waals surface area contributed by atoms with Gasteiger partial charge in [0.15, 0.2) is 5.82 Å². The summed E-state index contributed by atoms with van der Waals surface area (Å²) in [4.78, 5) is 4.90. The van der Waals surface area contributed by atoms with E-state index in [1.54, 1.807) is 0 Å². The van der Waals surface area contributed by atoms with E-state index in [1.165, 1.54) is 60.9 Å². The first-order chi connectivity index (χ1) is 17.5. The lowest BCUT2D eigenvalue weighted by molar-refractivity contribution is 0.396. The highest BCUT2D eigenvalue weighted by molar-refractivity contribution is 5.60. The lowest BCUT2D eigenvalue weighted by Gasteiger charge is -2.31. The molecule has 0 saturated heterocycles. The molecule has 4 nitrogen and oxygen atoms in total. The third kappa shape index (κ3) is 5.61. The van der Waals surface area contributed by atoms with Gasteiger partial charge in [0.05, 0.1) is 0 Å². The fraction of sp³-hybridized carbons (Fsp3) is 0.516. The molecular formula is C31H40FN3O. The van der Waals surface area contributed by atoms with Crippen molar-refractivity contribution in [2.45, 2.75) is 85.5 Å². The Morgan fingerprint density at radius 3 is 2.33 bits per heavy atom. The summed E-state index contributed by atoms with van der Waals surface area (Å²) in [5.74, 6) is 2.43. The van der Waals surface area contributed by atoms with Crippen molar-refractivity contribution in [3.63, 3.8) is 0 Å². The maximum atomic E-state index is 13.5. The molecule has 0 N–H and O–H groups in total. The van der Waals surface area contributed by atoms with Crippen LogP contribution >= 0.6 is 0 Å². The summed E-state index contributed by atoms with van der Waals surface area (Å²) in [5.41, 5.74) is 8.67. The number of nitrogens with zero attached hydrogens (tertiary/aromatic N) is 3. The van der Waals surface area contributed by atoms with Gasteiger partial charge in [-0.1, -0.05) is 47.8 Å². The summed E-state index contributed by atoms with van der Waals surface area (Å²) in [5, 5.41) is 4.39. The van der Waals surface area contributed by atoms with Crippen molar-refractivity contribution in [3.05, 3.63) is 75.5 Å². The zero-order valence-electron chi connectivity index (χ0n) is 22.2. The molecule has 2 aliphatic rings. The molecule has 2 aliphatic carbocycles. The summed E-state index contributed by atoms with van der Waals surface area (Å²) in [6.07, 6.45) is 9.04. The summed E-state index contributed by atoms with van der Waals surface area (Å²) < 4.78 is 19.0. The van der Waals surface area contributed by atoms with Gasteiger partial charge in [0.1, 0.15) is 12.4 Å². The first kappa shape index (κ1) is 24.9. The predicted octanol–water partition coefficient (Wildman–Crippen LogP) is 7.47. The number of aryl methyl sites for hydroxylation is 4. The molecule has 192 valence electrons. The Kier molecular flexibility index (Phi) is 7.64. The molecule has 0 unspecified atom stereocenters. The second-order valence-electron chi connectivity index (χ2n) is 10.9. The number of rotatable bonds is 10. The molecule has 5 heteroatoms. The predicted molar refractivity (Wildman–Crippen MR) is 145 cm³/mol.